The van der Waals surface area contributed by atoms with Gasteiger partial charge in [0.05, 0.1) is 12.5 Å². The Morgan fingerprint density at radius 2 is 1.69 bits per heavy atom. The van der Waals surface area contributed by atoms with Crippen LogP contribution in [0.3, 0.4) is 0 Å². The van der Waals surface area contributed by atoms with Gasteiger partial charge in [-0.25, -0.2) is 0 Å². The number of aryl methyl sites for hydroxylation is 1. The summed E-state index contributed by atoms with van der Waals surface area (Å²) in [5.74, 6) is -0.673. The summed E-state index contributed by atoms with van der Waals surface area (Å²) in [6.45, 7) is 5.68. The number of carbonyl (C=O) groups excluding carboxylic acids is 2. The van der Waals surface area contributed by atoms with Gasteiger partial charge in [0.25, 0.3) is 5.91 Å². The summed E-state index contributed by atoms with van der Waals surface area (Å²) in [5, 5.41) is 2.99. The first-order chi connectivity index (χ1) is 12.5. The molecule has 0 saturated heterocycles. The van der Waals surface area contributed by atoms with Crippen molar-refractivity contribution in [3.8, 4) is 0 Å². The summed E-state index contributed by atoms with van der Waals surface area (Å²) in [7, 11) is 0. The molecule has 0 aliphatic heterocycles. The van der Waals surface area contributed by atoms with Crippen molar-refractivity contribution < 1.29 is 14.3 Å². The van der Waals surface area contributed by atoms with E-state index in [9.17, 15) is 9.59 Å². The number of hydrogen-bond acceptors (Lipinski definition) is 3. The molecule has 0 aromatic heterocycles. The van der Waals surface area contributed by atoms with Crippen molar-refractivity contribution in [2.45, 2.75) is 52.2 Å². The highest BCUT2D eigenvalue weighted by atomic mass is 16.5. The minimum absolute atomic E-state index is 0.0769. The highest BCUT2D eigenvalue weighted by Crippen LogP contribution is 2.18. The maximum atomic E-state index is 12.4. The van der Waals surface area contributed by atoms with Crippen molar-refractivity contribution >= 4 is 11.9 Å². The topological polar surface area (TPSA) is 55.4 Å². The molecular formula is C22H27NO3. The van der Waals surface area contributed by atoms with E-state index < -0.39 is 12.1 Å². The second-order valence-corrected chi connectivity index (χ2v) is 6.55. The summed E-state index contributed by atoms with van der Waals surface area (Å²) in [5.41, 5.74) is 3.07. The Morgan fingerprint density at radius 1 is 1.04 bits per heavy atom. The quantitative estimate of drug-likeness (QED) is 0.726. The minimum Gasteiger partial charge on any atom is -0.452 e. The van der Waals surface area contributed by atoms with E-state index in [4.69, 9.17) is 4.74 Å². The maximum absolute atomic E-state index is 12.4. The molecule has 0 unspecified atom stereocenters. The monoisotopic (exact) mass is 353 g/mol. The largest absolute Gasteiger partial charge is 0.452 e. The third-order valence-electron chi connectivity index (χ3n) is 4.24. The van der Waals surface area contributed by atoms with Crippen LogP contribution in [0.4, 0.5) is 0 Å². The summed E-state index contributed by atoms with van der Waals surface area (Å²) in [6, 6.07) is 17.5. The standard InChI is InChI=1S/C22H27NO3/c1-4-8-20(19-9-6-5-7-10-19)23-22(25)17(3)26-21(24)15-18-13-11-16(2)12-14-18/h5-7,9-14,17,20H,4,8,15H2,1-3H3,(H,23,25)/t17-,20-/m0/s1. The molecule has 138 valence electrons. The minimum atomic E-state index is -0.823. The van der Waals surface area contributed by atoms with Crippen LogP contribution in [0.15, 0.2) is 54.6 Å². The molecule has 0 saturated carbocycles. The van der Waals surface area contributed by atoms with Crippen molar-refractivity contribution in [3.05, 3.63) is 71.3 Å². The van der Waals surface area contributed by atoms with Gasteiger partial charge in [0.1, 0.15) is 0 Å². The van der Waals surface area contributed by atoms with Gasteiger partial charge >= 0.3 is 5.97 Å². The van der Waals surface area contributed by atoms with Crippen LogP contribution in [-0.2, 0) is 20.7 Å². The van der Waals surface area contributed by atoms with E-state index in [0.29, 0.717) is 0 Å². The van der Waals surface area contributed by atoms with Crippen LogP contribution < -0.4 is 5.32 Å². The Balaban J connectivity index is 1.90. The van der Waals surface area contributed by atoms with Crippen molar-refractivity contribution in [1.82, 2.24) is 5.32 Å². The van der Waals surface area contributed by atoms with E-state index in [1.54, 1.807) is 6.92 Å². The Morgan fingerprint density at radius 3 is 2.31 bits per heavy atom. The average Bonchev–Trinajstić information content (AvgIpc) is 2.63. The fourth-order valence-electron chi connectivity index (χ4n) is 2.75. The lowest BCUT2D eigenvalue weighted by Gasteiger charge is -2.21. The lowest BCUT2D eigenvalue weighted by atomic mass is 10.0. The van der Waals surface area contributed by atoms with Crippen LogP contribution in [0.1, 0.15) is 49.4 Å². The van der Waals surface area contributed by atoms with Gasteiger partial charge < -0.3 is 10.1 Å². The first-order valence-electron chi connectivity index (χ1n) is 9.10. The van der Waals surface area contributed by atoms with Crippen molar-refractivity contribution in [2.75, 3.05) is 0 Å². The fraction of sp³-hybridized carbons (Fsp3) is 0.364. The molecule has 0 bridgehead atoms. The normalized spacial score (nSPS) is 12.9. The van der Waals surface area contributed by atoms with Crippen LogP contribution in [-0.4, -0.2) is 18.0 Å². The van der Waals surface area contributed by atoms with Crippen LogP contribution in [0.5, 0.6) is 0 Å². The Kier molecular flexibility index (Phi) is 7.39. The molecule has 0 aliphatic rings. The van der Waals surface area contributed by atoms with Gasteiger partial charge in [-0.05, 0) is 31.4 Å². The Hall–Kier alpha value is -2.62. The van der Waals surface area contributed by atoms with Gasteiger partial charge in [-0.3, -0.25) is 9.59 Å². The van der Waals surface area contributed by atoms with Crippen molar-refractivity contribution in [2.24, 2.45) is 0 Å². The number of nitrogens with one attached hydrogen (secondary N) is 1. The number of esters is 1. The molecular weight excluding hydrogens is 326 g/mol. The second-order valence-electron chi connectivity index (χ2n) is 6.55. The lowest BCUT2D eigenvalue weighted by molar-refractivity contribution is -0.154. The Bertz CT molecular complexity index is 710. The molecule has 2 aromatic carbocycles. The molecule has 1 amide bonds. The lowest BCUT2D eigenvalue weighted by Crippen LogP contribution is -2.38. The third-order valence-corrected chi connectivity index (χ3v) is 4.24. The molecule has 0 aliphatic carbocycles. The van der Waals surface area contributed by atoms with Crippen LogP contribution in [0, 0.1) is 6.92 Å². The highest BCUT2D eigenvalue weighted by molar-refractivity contribution is 5.84. The first-order valence-corrected chi connectivity index (χ1v) is 9.10. The second kappa shape index (κ2) is 9.76. The number of ether oxygens (including phenoxy) is 1. The zero-order valence-corrected chi connectivity index (χ0v) is 15.7. The first kappa shape index (κ1) is 19.7. The molecule has 0 radical (unpaired) electrons. The number of benzene rings is 2. The zero-order valence-electron chi connectivity index (χ0n) is 15.7. The van der Waals surface area contributed by atoms with Crippen LogP contribution in [0.25, 0.3) is 0 Å². The van der Waals surface area contributed by atoms with Crippen LogP contribution in [0.2, 0.25) is 0 Å². The third kappa shape index (κ3) is 6.03. The van der Waals surface area contributed by atoms with Gasteiger partial charge in [0.2, 0.25) is 0 Å². The summed E-state index contributed by atoms with van der Waals surface area (Å²) in [4.78, 5) is 24.5. The van der Waals surface area contributed by atoms with Crippen LogP contribution >= 0.6 is 0 Å². The number of amides is 1. The van der Waals surface area contributed by atoms with E-state index in [0.717, 1.165) is 29.5 Å². The molecule has 2 atom stereocenters. The van der Waals surface area contributed by atoms with Gasteiger partial charge in [-0.15, -0.1) is 0 Å². The molecule has 0 fully saturated rings. The Labute approximate surface area is 155 Å². The SMILES string of the molecule is CCC[C@H](NC(=O)[C@H](C)OC(=O)Cc1ccc(C)cc1)c1ccccc1. The molecule has 4 nitrogen and oxygen atoms in total. The van der Waals surface area contributed by atoms with Gasteiger partial charge in [0.15, 0.2) is 6.10 Å². The van der Waals surface area contributed by atoms with Gasteiger partial charge in [-0.1, -0.05) is 73.5 Å². The zero-order chi connectivity index (χ0) is 18.9. The van der Waals surface area contributed by atoms with Gasteiger partial charge in [-0.2, -0.15) is 0 Å². The molecule has 4 heteroatoms. The number of rotatable bonds is 8. The van der Waals surface area contributed by atoms with E-state index in [2.05, 4.69) is 12.2 Å². The predicted molar refractivity (Wildman–Crippen MR) is 103 cm³/mol. The number of carbonyl (C=O) groups is 2. The van der Waals surface area contributed by atoms with Crippen molar-refractivity contribution in [1.29, 1.82) is 0 Å². The molecule has 1 N–H and O–H groups in total. The molecule has 2 rings (SSSR count). The van der Waals surface area contributed by atoms with E-state index in [1.165, 1.54) is 0 Å². The summed E-state index contributed by atoms with van der Waals surface area (Å²) in [6.07, 6.45) is 1.12. The smallest absolute Gasteiger partial charge is 0.311 e. The molecule has 2 aromatic rings. The number of hydrogen-bond donors (Lipinski definition) is 1. The fourth-order valence-corrected chi connectivity index (χ4v) is 2.75. The van der Waals surface area contributed by atoms with Gasteiger partial charge in [0, 0.05) is 0 Å². The summed E-state index contributed by atoms with van der Waals surface area (Å²) < 4.78 is 5.31. The predicted octanol–water partition coefficient (Wildman–Crippen LogP) is 4.13. The van der Waals surface area contributed by atoms with E-state index >= 15 is 0 Å². The van der Waals surface area contributed by atoms with Crippen molar-refractivity contribution in [3.63, 3.8) is 0 Å². The van der Waals surface area contributed by atoms with E-state index in [1.807, 2.05) is 61.5 Å². The maximum Gasteiger partial charge on any atom is 0.311 e. The molecule has 26 heavy (non-hydrogen) atoms. The molecule has 0 heterocycles. The highest BCUT2D eigenvalue weighted by Gasteiger charge is 2.21. The van der Waals surface area contributed by atoms with E-state index in [-0.39, 0.29) is 18.4 Å². The molecule has 0 spiro atoms. The average molecular weight is 353 g/mol. The summed E-state index contributed by atoms with van der Waals surface area (Å²) >= 11 is 0.